The van der Waals surface area contributed by atoms with Crippen LogP contribution in [0.5, 0.6) is 5.75 Å². The van der Waals surface area contributed by atoms with Crippen molar-refractivity contribution in [1.82, 2.24) is 14.5 Å². The van der Waals surface area contributed by atoms with E-state index in [2.05, 4.69) is 33.5 Å². The number of anilines is 1. The Labute approximate surface area is 145 Å². The molecule has 0 atom stereocenters. The lowest BCUT2D eigenvalue weighted by molar-refractivity contribution is 0.413. The van der Waals surface area contributed by atoms with E-state index in [1.807, 2.05) is 47.3 Å². The van der Waals surface area contributed by atoms with Gasteiger partial charge in [-0.2, -0.15) is 0 Å². The van der Waals surface area contributed by atoms with Gasteiger partial charge in [-0.15, -0.1) is 0 Å². The molecule has 2 heterocycles. The van der Waals surface area contributed by atoms with Crippen LogP contribution in [0.3, 0.4) is 0 Å². The first kappa shape index (κ1) is 15.2. The summed E-state index contributed by atoms with van der Waals surface area (Å²) in [5.74, 6) is 0.821. The van der Waals surface area contributed by atoms with E-state index in [4.69, 9.17) is 4.74 Å². The zero-order valence-electron chi connectivity index (χ0n) is 13.9. The molecular weight excluding hydrogens is 312 g/mol. The molecular formula is C20H18N4O. The van der Waals surface area contributed by atoms with Crippen LogP contribution in [-0.4, -0.2) is 21.6 Å². The number of pyridine rings is 1. The molecule has 1 N–H and O–H groups in total. The Kier molecular flexibility index (Phi) is 4.04. The Morgan fingerprint density at radius 2 is 1.88 bits per heavy atom. The number of imidazole rings is 1. The number of benzene rings is 2. The summed E-state index contributed by atoms with van der Waals surface area (Å²) in [5, 5.41) is 3.42. The molecule has 5 heteroatoms. The van der Waals surface area contributed by atoms with Gasteiger partial charge in [0.15, 0.2) is 0 Å². The zero-order valence-corrected chi connectivity index (χ0v) is 13.9. The minimum absolute atomic E-state index is 0.751. The monoisotopic (exact) mass is 330 g/mol. The molecule has 0 bridgehead atoms. The molecule has 2 aromatic carbocycles. The molecule has 0 saturated carbocycles. The normalized spacial score (nSPS) is 10.8. The number of nitrogens with one attached hydrogen (secondary N) is 1. The fraction of sp³-hybridized carbons (Fsp3) is 0.100. The molecule has 0 saturated heterocycles. The SMILES string of the molecule is COc1ccccc1-n1cnc2cc(NCc3ccncc3)ccc21. The highest BCUT2D eigenvalue weighted by atomic mass is 16.5. The van der Waals surface area contributed by atoms with Crippen molar-refractivity contribution in [3.05, 3.63) is 78.9 Å². The van der Waals surface area contributed by atoms with Crippen molar-refractivity contribution in [3.63, 3.8) is 0 Å². The predicted octanol–water partition coefficient (Wildman–Crippen LogP) is 4.04. The first-order valence-corrected chi connectivity index (χ1v) is 8.08. The second kappa shape index (κ2) is 6.65. The number of hydrogen-bond donors (Lipinski definition) is 1. The lowest BCUT2D eigenvalue weighted by Crippen LogP contribution is -1.99. The van der Waals surface area contributed by atoms with E-state index in [0.717, 1.165) is 34.7 Å². The highest BCUT2D eigenvalue weighted by molar-refractivity contribution is 5.81. The average molecular weight is 330 g/mol. The van der Waals surface area contributed by atoms with Crippen molar-refractivity contribution < 1.29 is 4.74 Å². The van der Waals surface area contributed by atoms with E-state index < -0.39 is 0 Å². The lowest BCUT2D eigenvalue weighted by atomic mass is 10.2. The number of hydrogen-bond acceptors (Lipinski definition) is 4. The fourth-order valence-electron chi connectivity index (χ4n) is 2.85. The van der Waals surface area contributed by atoms with Crippen LogP contribution < -0.4 is 10.1 Å². The van der Waals surface area contributed by atoms with Crippen LogP contribution in [0.25, 0.3) is 16.7 Å². The Bertz CT molecular complexity index is 995. The summed E-state index contributed by atoms with van der Waals surface area (Å²) < 4.78 is 7.51. The van der Waals surface area contributed by atoms with Crippen molar-refractivity contribution in [2.75, 3.05) is 12.4 Å². The first-order chi connectivity index (χ1) is 12.3. The van der Waals surface area contributed by atoms with Gasteiger partial charge < -0.3 is 10.1 Å². The number of nitrogens with zero attached hydrogens (tertiary/aromatic N) is 3. The second-order valence-electron chi connectivity index (χ2n) is 5.70. The van der Waals surface area contributed by atoms with Gasteiger partial charge in [-0.25, -0.2) is 4.98 Å². The summed E-state index contributed by atoms with van der Waals surface area (Å²) in [6.45, 7) is 0.751. The van der Waals surface area contributed by atoms with Crippen LogP contribution >= 0.6 is 0 Å². The number of rotatable bonds is 5. The molecule has 4 aromatic rings. The highest BCUT2D eigenvalue weighted by Crippen LogP contribution is 2.27. The largest absolute Gasteiger partial charge is 0.495 e. The van der Waals surface area contributed by atoms with Gasteiger partial charge >= 0.3 is 0 Å². The Morgan fingerprint density at radius 3 is 2.72 bits per heavy atom. The molecule has 0 aliphatic heterocycles. The third kappa shape index (κ3) is 3.04. The van der Waals surface area contributed by atoms with Gasteiger partial charge in [0.25, 0.3) is 0 Å². The van der Waals surface area contributed by atoms with E-state index in [1.54, 1.807) is 19.5 Å². The number of aromatic nitrogens is 3. The molecule has 0 fully saturated rings. The number of para-hydroxylation sites is 2. The van der Waals surface area contributed by atoms with Crippen molar-refractivity contribution >= 4 is 16.7 Å². The van der Waals surface area contributed by atoms with Gasteiger partial charge in [0.05, 0.1) is 23.8 Å². The average Bonchev–Trinajstić information content (AvgIpc) is 3.10. The van der Waals surface area contributed by atoms with Crippen LogP contribution in [0.15, 0.2) is 73.3 Å². The summed E-state index contributed by atoms with van der Waals surface area (Å²) in [5.41, 5.74) is 5.18. The first-order valence-electron chi connectivity index (χ1n) is 8.08. The summed E-state index contributed by atoms with van der Waals surface area (Å²) in [4.78, 5) is 8.58. The molecule has 2 aromatic heterocycles. The van der Waals surface area contributed by atoms with E-state index in [0.29, 0.717) is 0 Å². The minimum Gasteiger partial charge on any atom is -0.495 e. The molecule has 0 unspecified atom stereocenters. The Morgan fingerprint density at radius 1 is 1.04 bits per heavy atom. The van der Waals surface area contributed by atoms with Gasteiger partial charge in [-0.3, -0.25) is 9.55 Å². The predicted molar refractivity (Wildman–Crippen MR) is 99.2 cm³/mol. The van der Waals surface area contributed by atoms with Gasteiger partial charge in [-0.05, 0) is 48.0 Å². The van der Waals surface area contributed by atoms with Gasteiger partial charge in [-0.1, -0.05) is 12.1 Å². The maximum Gasteiger partial charge on any atom is 0.142 e. The molecule has 5 nitrogen and oxygen atoms in total. The molecule has 0 aliphatic carbocycles. The standard InChI is InChI=1S/C20H18N4O/c1-25-20-5-3-2-4-19(20)24-14-23-17-12-16(6-7-18(17)24)22-13-15-8-10-21-11-9-15/h2-12,14,22H,13H2,1H3. The highest BCUT2D eigenvalue weighted by Gasteiger charge is 2.09. The molecule has 4 rings (SSSR count). The van der Waals surface area contributed by atoms with Crippen molar-refractivity contribution in [1.29, 1.82) is 0 Å². The van der Waals surface area contributed by atoms with Crippen molar-refractivity contribution in [2.24, 2.45) is 0 Å². The molecule has 124 valence electrons. The Balaban J connectivity index is 1.63. The number of ether oxygens (including phenoxy) is 1. The fourth-order valence-corrected chi connectivity index (χ4v) is 2.85. The summed E-state index contributed by atoms with van der Waals surface area (Å²) >= 11 is 0. The topological polar surface area (TPSA) is 52.0 Å². The van der Waals surface area contributed by atoms with E-state index >= 15 is 0 Å². The van der Waals surface area contributed by atoms with Crippen LogP contribution in [0.2, 0.25) is 0 Å². The lowest BCUT2D eigenvalue weighted by Gasteiger charge is -2.10. The maximum atomic E-state index is 5.46. The molecule has 0 spiro atoms. The Hall–Kier alpha value is -3.34. The third-order valence-corrected chi connectivity index (χ3v) is 4.14. The van der Waals surface area contributed by atoms with E-state index in [1.165, 1.54) is 5.56 Å². The molecule has 0 amide bonds. The van der Waals surface area contributed by atoms with Crippen LogP contribution in [0.1, 0.15) is 5.56 Å². The van der Waals surface area contributed by atoms with Crippen molar-refractivity contribution in [2.45, 2.75) is 6.54 Å². The van der Waals surface area contributed by atoms with Gasteiger partial charge in [0.1, 0.15) is 12.1 Å². The van der Waals surface area contributed by atoms with E-state index in [9.17, 15) is 0 Å². The third-order valence-electron chi connectivity index (χ3n) is 4.14. The smallest absolute Gasteiger partial charge is 0.142 e. The van der Waals surface area contributed by atoms with Crippen molar-refractivity contribution in [3.8, 4) is 11.4 Å². The quantitative estimate of drug-likeness (QED) is 0.600. The van der Waals surface area contributed by atoms with Crippen LogP contribution in [0.4, 0.5) is 5.69 Å². The summed E-state index contributed by atoms with van der Waals surface area (Å²) in [6.07, 6.45) is 5.43. The zero-order chi connectivity index (χ0) is 17.1. The van der Waals surface area contributed by atoms with Crippen LogP contribution in [0, 0.1) is 0 Å². The van der Waals surface area contributed by atoms with E-state index in [-0.39, 0.29) is 0 Å². The van der Waals surface area contributed by atoms with Gasteiger partial charge in [0.2, 0.25) is 0 Å². The molecule has 25 heavy (non-hydrogen) atoms. The maximum absolute atomic E-state index is 5.46. The number of fused-ring (bicyclic) bond motifs is 1. The summed E-state index contributed by atoms with van der Waals surface area (Å²) in [7, 11) is 1.68. The van der Waals surface area contributed by atoms with Gasteiger partial charge in [0, 0.05) is 24.6 Å². The minimum atomic E-state index is 0.751. The molecule has 0 radical (unpaired) electrons. The summed E-state index contributed by atoms with van der Waals surface area (Å²) in [6, 6.07) is 18.1. The second-order valence-corrected chi connectivity index (χ2v) is 5.70. The van der Waals surface area contributed by atoms with Crippen LogP contribution in [-0.2, 0) is 6.54 Å². The number of methoxy groups -OCH3 is 1. The molecule has 0 aliphatic rings.